The van der Waals surface area contributed by atoms with Gasteiger partial charge in [-0.3, -0.25) is 14.9 Å². The zero-order valence-electron chi connectivity index (χ0n) is 15.4. The maximum atomic E-state index is 12.2. The molecular weight excluding hydrogens is 364 g/mol. The Morgan fingerprint density at radius 1 is 1.18 bits per heavy atom. The maximum Gasteiger partial charge on any atom is 0.310 e. The van der Waals surface area contributed by atoms with Gasteiger partial charge in [-0.25, -0.2) is 0 Å². The highest BCUT2D eigenvalue weighted by Crippen LogP contribution is 2.47. The third-order valence-electron chi connectivity index (χ3n) is 4.86. The number of amides is 1. The third-order valence-corrected chi connectivity index (χ3v) is 4.86. The van der Waals surface area contributed by atoms with Crippen LogP contribution in [0.15, 0.2) is 36.4 Å². The van der Waals surface area contributed by atoms with E-state index in [1.165, 1.54) is 12.1 Å². The Morgan fingerprint density at radius 2 is 1.93 bits per heavy atom. The molecular formula is C20H20N2O6. The lowest BCUT2D eigenvalue weighted by Gasteiger charge is -2.21. The lowest BCUT2D eigenvalue weighted by Crippen LogP contribution is -2.34. The van der Waals surface area contributed by atoms with E-state index in [9.17, 15) is 14.9 Å². The fourth-order valence-corrected chi connectivity index (χ4v) is 3.52. The number of aryl methyl sites for hydroxylation is 1. The Bertz CT molecular complexity index is 936. The number of ether oxygens (including phenoxy) is 3. The summed E-state index contributed by atoms with van der Waals surface area (Å²) in [5.74, 6) is 0.360. The molecule has 0 bridgehead atoms. The molecule has 2 aromatic carbocycles. The second-order valence-corrected chi connectivity index (χ2v) is 7.05. The van der Waals surface area contributed by atoms with Crippen LogP contribution in [0.5, 0.6) is 17.2 Å². The molecule has 146 valence electrons. The largest absolute Gasteiger partial charge is 0.477 e. The average Bonchev–Trinajstić information content (AvgIpc) is 3.25. The summed E-state index contributed by atoms with van der Waals surface area (Å²) in [7, 11) is 0. The number of carbonyl (C=O) groups is 1. The van der Waals surface area contributed by atoms with Crippen molar-refractivity contribution in [2.75, 3.05) is 11.9 Å². The highest BCUT2D eigenvalue weighted by molar-refractivity contribution is 5.92. The molecule has 8 heteroatoms. The molecule has 1 saturated carbocycles. The first-order valence-electron chi connectivity index (χ1n) is 9.14. The van der Waals surface area contributed by atoms with Crippen LogP contribution in [0.1, 0.15) is 31.2 Å². The van der Waals surface area contributed by atoms with Crippen molar-refractivity contribution in [2.24, 2.45) is 0 Å². The molecule has 0 unspecified atom stereocenters. The van der Waals surface area contributed by atoms with E-state index in [4.69, 9.17) is 14.2 Å². The van der Waals surface area contributed by atoms with E-state index in [0.29, 0.717) is 17.2 Å². The van der Waals surface area contributed by atoms with Crippen molar-refractivity contribution < 1.29 is 23.9 Å². The first kappa shape index (κ1) is 18.1. The van der Waals surface area contributed by atoms with E-state index in [-0.39, 0.29) is 18.0 Å². The number of nitro benzene ring substituents is 1. The van der Waals surface area contributed by atoms with Gasteiger partial charge < -0.3 is 19.5 Å². The molecule has 0 atom stereocenters. The molecule has 0 saturated heterocycles. The fourth-order valence-electron chi connectivity index (χ4n) is 3.52. The Kier molecular flexibility index (Phi) is 4.54. The van der Waals surface area contributed by atoms with Crippen LogP contribution in [-0.2, 0) is 4.79 Å². The van der Waals surface area contributed by atoms with Gasteiger partial charge in [0, 0.05) is 30.7 Å². The van der Waals surface area contributed by atoms with Gasteiger partial charge >= 0.3 is 5.69 Å². The number of nitro groups is 1. The quantitative estimate of drug-likeness (QED) is 0.619. The second kappa shape index (κ2) is 7.03. The molecule has 8 nitrogen and oxygen atoms in total. The van der Waals surface area contributed by atoms with E-state index in [0.717, 1.165) is 31.2 Å². The van der Waals surface area contributed by atoms with Crippen LogP contribution in [0.3, 0.4) is 0 Å². The predicted octanol–water partition coefficient (Wildman–Crippen LogP) is 3.96. The van der Waals surface area contributed by atoms with Crippen molar-refractivity contribution in [3.05, 3.63) is 52.1 Å². The van der Waals surface area contributed by atoms with Crippen LogP contribution in [0, 0.1) is 17.0 Å². The number of hydrogen-bond acceptors (Lipinski definition) is 6. The van der Waals surface area contributed by atoms with Crippen molar-refractivity contribution in [1.29, 1.82) is 0 Å². The van der Waals surface area contributed by atoms with Crippen LogP contribution < -0.4 is 19.5 Å². The number of anilines is 1. The smallest absolute Gasteiger partial charge is 0.310 e. The van der Waals surface area contributed by atoms with Gasteiger partial charge in [0.05, 0.1) is 4.92 Å². The normalized spacial score (nSPS) is 16.2. The van der Waals surface area contributed by atoms with Crippen molar-refractivity contribution >= 4 is 17.3 Å². The minimum Gasteiger partial charge on any atom is -0.477 e. The van der Waals surface area contributed by atoms with Crippen molar-refractivity contribution in [2.45, 2.75) is 38.4 Å². The Hall–Kier alpha value is -3.29. The molecule has 4 rings (SSSR count). The van der Waals surface area contributed by atoms with Crippen LogP contribution in [0.2, 0.25) is 0 Å². The number of nitrogens with zero attached hydrogens (tertiary/aromatic N) is 1. The van der Waals surface area contributed by atoms with E-state index in [1.54, 1.807) is 31.2 Å². The van der Waals surface area contributed by atoms with Crippen LogP contribution in [0.4, 0.5) is 11.4 Å². The standard InChI is InChI=1S/C20H20N2O6/c1-13-4-6-15(22(24)25)17(10-13)26-12-19(23)21-14-5-7-16-18(11-14)28-20(27-16)8-2-3-9-20/h4-7,10-11H,2-3,8-9,12H2,1H3,(H,21,23). The third kappa shape index (κ3) is 3.58. The molecule has 1 spiro atoms. The summed E-state index contributed by atoms with van der Waals surface area (Å²) >= 11 is 0. The molecule has 1 N–H and O–H groups in total. The zero-order valence-corrected chi connectivity index (χ0v) is 15.4. The number of hydrogen-bond donors (Lipinski definition) is 1. The molecule has 0 radical (unpaired) electrons. The average molecular weight is 384 g/mol. The molecule has 1 aliphatic carbocycles. The maximum absolute atomic E-state index is 12.2. The number of rotatable bonds is 5. The van der Waals surface area contributed by atoms with E-state index in [2.05, 4.69) is 5.32 Å². The Balaban J connectivity index is 1.39. The van der Waals surface area contributed by atoms with Gasteiger partial charge in [0.2, 0.25) is 0 Å². The summed E-state index contributed by atoms with van der Waals surface area (Å²) in [5, 5.41) is 13.8. The van der Waals surface area contributed by atoms with Gasteiger partial charge in [-0.2, -0.15) is 0 Å². The predicted molar refractivity (Wildman–Crippen MR) is 101 cm³/mol. The Morgan fingerprint density at radius 3 is 2.68 bits per heavy atom. The number of benzene rings is 2. The van der Waals surface area contributed by atoms with Gasteiger partial charge in [0.15, 0.2) is 23.9 Å². The summed E-state index contributed by atoms with van der Waals surface area (Å²) in [6, 6.07) is 9.73. The summed E-state index contributed by atoms with van der Waals surface area (Å²) in [4.78, 5) is 22.8. The lowest BCUT2D eigenvalue weighted by molar-refractivity contribution is -0.385. The van der Waals surface area contributed by atoms with Crippen molar-refractivity contribution in [3.63, 3.8) is 0 Å². The Labute approximate surface area is 161 Å². The van der Waals surface area contributed by atoms with Gasteiger partial charge in [0.25, 0.3) is 11.7 Å². The molecule has 1 amide bonds. The molecule has 2 aliphatic rings. The highest BCUT2D eigenvalue weighted by Gasteiger charge is 2.44. The molecule has 1 fully saturated rings. The topological polar surface area (TPSA) is 99.9 Å². The summed E-state index contributed by atoms with van der Waals surface area (Å²) in [6.45, 7) is 1.45. The summed E-state index contributed by atoms with van der Waals surface area (Å²) in [6.07, 6.45) is 3.85. The molecule has 0 aromatic heterocycles. The molecule has 28 heavy (non-hydrogen) atoms. The first-order chi connectivity index (χ1) is 13.4. The fraction of sp³-hybridized carbons (Fsp3) is 0.350. The monoisotopic (exact) mass is 384 g/mol. The number of carbonyl (C=O) groups excluding carboxylic acids is 1. The van der Waals surface area contributed by atoms with Gasteiger partial charge in [0.1, 0.15) is 0 Å². The first-order valence-corrected chi connectivity index (χ1v) is 9.14. The minimum absolute atomic E-state index is 0.0639. The van der Waals surface area contributed by atoms with Crippen molar-refractivity contribution in [1.82, 2.24) is 0 Å². The second-order valence-electron chi connectivity index (χ2n) is 7.05. The zero-order chi connectivity index (χ0) is 19.7. The van der Waals surface area contributed by atoms with Gasteiger partial charge in [-0.1, -0.05) is 6.07 Å². The number of fused-ring (bicyclic) bond motifs is 1. The highest BCUT2D eigenvalue weighted by atomic mass is 16.7. The molecule has 1 heterocycles. The van der Waals surface area contributed by atoms with Crippen LogP contribution in [-0.4, -0.2) is 23.2 Å². The van der Waals surface area contributed by atoms with Gasteiger partial charge in [-0.15, -0.1) is 0 Å². The summed E-state index contributed by atoms with van der Waals surface area (Å²) < 4.78 is 17.3. The van der Waals surface area contributed by atoms with Crippen molar-refractivity contribution in [3.8, 4) is 17.2 Å². The SMILES string of the molecule is Cc1ccc([N+](=O)[O-])c(OCC(=O)Nc2ccc3c(c2)OC2(CCCC2)O3)c1. The molecule has 2 aromatic rings. The molecule has 1 aliphatic heterocycles. The minimum atomic E-state index is -0.557. The van der Waals surface area contributed by atoms with Gasteiger partial charge in [-0.05, 0) is 43.5 Å². The van der Waals surface area contributed by atoms with E-state index < -0.39 is 16.6 Å². The van der Waals surface area contributed by atoms with E-state index >= 15 is 0 Å². The lowest BCUT2D eigenvalue weighted by atomic mass is 10.2. The summed E-state index contributed by atoms with van der Waals surface area (Å²) in [5.41, 5.74) is 1.17. The van der Waals surface area contributed by atoms with E-state index in [1.807, 2.05) is 0 Å². The number of nitrogens with one attached hydrogen (secondary N) is 1. The van der Waals surface area contributed by atoms with Crippen LogP contribution in [0.25, 0.3) is 0 Å². The van der Waals surface area contributed by atoms with Crippen LogP contribution >= 0.6 is 0 Å².